The molecular formula is C20H25N5O2S2. The Morgan fingerprint density at radius 2 is 2.14 bits per heavy atom. The maximum Gasteiger partial charge on any atom is 0.261 e. The van der Waals surface area contributed by atoms with Gasteiger partial charge < -0.3 is 15.0 Å². The van der Waals surface area contributed by atoms with Gasteiger partial charge in [-0.2, -0.15) is 0 Å². The van der Waals surface area contributed by atoms with Gasteiger partial charge in [-0.05, 0) is 50.2 Å². The van der Waals surface area contributed by atoms with Crippen molar-refractivity contribution in [1.29, 1.82) is 0 Å². The number of rotatable bonds is 9. The van der Waals surface area contributed by atoms with Gasteiger partial charge in [-0.25, -0.2) is 0 Å². The molecule has 1 aromatic carbocycles. The van der Waals surface area contributed by atoms with Crippen LogP contribution in [-0.2, 0) is 6.54 Å². The Balaban J connectivity index is 1.84. The third kappa shape index (κ3) is 5.37. The number of hydrogen-bond acceptors (Lipinski definition) is 7. The second-order valence-corrected chi connectivity index (χ2v) is 8.68. The van der Waals surface area contributed by atoms with Crippen molar-refractivity contribution in [2.45, 2.75) is 18.6 Å². The van der Waals surface area contributed by atoms with Gasteiger partial charge >= 0.3 is 0 Å². The Bertz CT molecular complexity index is 967. The normalized spacial score (nSPS) is 11.1. The number of benzene rings is 1. The first-order valence-electron chi connectivity index (χ1n) is 9.18. The molecule has 29 heavy (non-hydrogen) atoms. The monoisotopic (exact) mass is 431 g/mol. The topological polar surface area (TPSA) is 72.3 Å². The summed E-state index contributed by atoms with van der Waals surface area (Å²) in [5, 5.41) is 14.4. The summed E-state index contributed by atoms with van der Waals surface area (Å²) in [5.74, 6) is 2.22. The standard InChI is InChI=1S/C20H25N5O2S2/c1-14-8-10-28-18(14)19(26)21-13-17-22-23-20(29-11-9-24(2)3)25(17)15-6-5-7-16(12-15)27-4/h5-8,10,12H,9,11,13H2,1-4H3,(H,21,26). The summed E-state index contributed by atoms with van der Waals surface area (Å²) in [6, 6.07) is 9.69. The summed E-state index contributed by atoms with van der Waals surface area (Å²) < 4.78 is 7.35. The van der Waals surface area contributed by atoms with Crippen LogP contribution in [0.15, 0.2) is 40.9 Å². The van der Waals surface area contributed by atoms with Crippen LogP contribution in [-0.4, -0.2) is 59.1 Å². The number of amides is 1. The van der Waals surface area contributed by atoms with E-state index in [1.54, 1.807) is 18.9 Å². The number of hydrogen-bond donors (Lipinski definition) is 1. The molecule has 0 aliphatic heterocycles. The van der Waals surface area contributed by atoms with E-state index in [0.29, 0.717) is 5.82 Å². The van der Waals surface area contributed by atoms with Gasteiger partial charge in [0.1, 0.15) is 5.75 Å². The number of carbonyl (C=O) groups is 1. The fourth-order valence-corrected chi connectivity index (χ4v) is 4.60. The summed E-state index contributed by atoms with van der Waals surface area (Å²) >= 11 is 3.07. The van der Waals surface area contributed by atoms with Crippen molar-refractivity contribution < 1.29 is 9.53 Å². The molecule has 0 spiro atoms. The van der Waals surface area contributed by atoms with Crippen molar-refractivity contribution in [2.24, 2.45) is 0 Å². The molecule has 2 heterocycles. The number of thiophene rings is 1. The minimum Gasteiger partial charge on any atom is -0.497 e. The third-order valence-electron chi connectivity index (χ3n) is 4.26. The van der Waals surface area contributed by atoms with Gasteiger partial charge in [0, 0.05) is 18.4 Å². The predicted molar refractivity (Wildman–Crippen MR) is 117 cm³/mol. The zero-order chi connectivity index (χ0) is 20.8. The highest BCUT2D eigenvalue weighted by atomic mass is 32.2. The summed E-state index contributed by atoms with van der Waals surface area (Å²) in [5.41, 5.74) is 1.87. The minimum atomic E-state index is -0.0977. The number of methoxy groups -OCH3 is 1. The van der Waals surface area contributed by atoms with E-state index in [1.165, 1.54) is 11.3 Å². The molecule has 0 aliphatic rings. The highest BCUT2D eigenvalue weighted by molar-refractivity contribution is 7.99. The summed E-state index contributed by atoms with van der Waals surface area (Å²) in [4.78, 5) is 15.4. The molecule has 9 heteroatoms. The predicted octanol–water partition coefficient (Wildman–Crippen LogP) is 3.23. The van der Waals surface area contributed by atoms with Crippen molar-refractivity contribution in [3.8, 4) is 11.4 Å². The Morgan fingerprint density at radius 1 is 1.31 bits per heavy atom. The summed E-state index contributed by atoms with van der Waals surface area (Å²) in [6.07, 6.45) is 0. The Labute approximate surface area is 179 Å². The zero-order valence-electron chi connectivity index (χ0n) is 17.0. The zero-order valence-corrected chi connectivity index (χ0v) is 18.6. The highest BCUT2D eigenvalue weighted by Crippen LogP contribution is 2.25. The van der Waals surface area contributed by atoms with E-state index in [9.17, 15) is 4.79 Å². The van der Waals surface area contributed by atoms with Gasteiger partial charge in [-0.3, -0.25) is 9.36 Å². The van der Waals surface area contributed by atoms with E-state index in [-0.39, 0.29) is 12.5 Å². The molecule has 154 valence electrons. The number of aromatic nitrogens is 3. The molecule has 7 nitrogen and oxygen atoms in total. The molecule has 2 aromatic heterocycles. The molecule has 0 radical (unpaired) electrons. The van der Waals surface area contributed by atoms with Crippen molar-refractivity contribution in [3.63, 3.8) is 0 Å². The Hall–Kier alpha value is -2.36. The number of ether oxygens (including phenoxy) is 1. The molecule has 1 N–H and O–H groups in total. The lowest BCUT2D eigenvalue weighted by Gasteiger charge is -2.13. The van der Waals surface area contributed by atoms with Gasteiger partial charge in [0.05, 0.1) is 24.2 Å². The number of thioether (sulfide) groups is 1. The lowest BCUT2D eigenvalue weighted by atomic mass is 10.3. The number of nitrogens with zero attached hydrogens (tertiary/aromatic N) is 4. The average Bonchev–Trinajstić information content (AvgIpc) is 3.32. The van der Waals surface area contributed by atoms with E-state index < -0.39 is 0 Å². The van der Waals surface area contributed by atoms with Gasteiger partial charge in [0.2, 0.25) is 0 Å². The molecule has 3 aromatic rings. The molecule has 0 aliphatic carbocycles. The number of nitrogens with one attached hydrogen (secondary N) is 1. The van der Waals surface area contributed by atoms with Gasteiger partial charge in [0.15, 0.2) is 11.0 Å². The largest absolute Gasteiger partial charge is 0.497 e. The Morgan fingerprint density at radius 3 is 2.83 bits per heavy atom. The van der Waals surface area contributed by atoms with Crippen molar-refractivity contribution in [2.75, 3.05) is 33.5 Å². The number of carbonyl (C=O) groups excluding carboxylic acids is 1. The van der Waals surface area contributed by atoms with Crippen LogP contribution >= 0.6 is 23.1 Å². The van der Waals surface area contributed by atoms with Crippen LogP contribution in [0.2, 0.25) is 0 Å². The van der Waals surface area contributed by atoms with Gasteiger partial charge in [-0.15, -0.1) is 21.5 Å². The molecule has 1 amide bonds. The lowest BCUT2D eigenvalue weighted by molar-refractivity contribution is 0.0953. The first-order valence-corrected chi connectivity index (χ1v) is 11.0. The van der Waals surface area contributed by atoms with Crippen LogP contribution in [0.4, 0.5) is 0 Å². The fourth-order valence-electron chi connectivity index (χ4n) is 2.68. The first-order chi connectivity index (χ1) is 14.0. The van der Waals surface area contributed by atoms with Crippen LogP contribution in [0, 0.1) is 6.92 Å². The molecule has 3 rings (SSSR count). The van der Waals surface area contributed by atoms with Crippen LogP contribution in [0.1, 0.15) is 21.1 Å². The molecule has 0 atom stereocenters. The molecule has 0 saturated heterocycles. The molecular weight excluding hydrogens is 406 g/mol. The van der Waals surface area contributed by atoms with E-state index in [1.807, 2.05) is 61.3 Å². The van der Waals surface area contributed by atoms with Gasteiger partial charge in [0.25, 0.3) is 5.91 Å². The maximum atomic E-state index is 12.5. The highest BCUT2D eigenvalue weighted by Gasteiger charge is 2.17. The SMILES string of the molecule is COc1cccc(-n2c(CNC(=O)c3sccc3C)nnc2SCCN(C)C)c1. The smallest absolute Gasteiger partial charge is 0.261 e. The van der Waals surface area contributed by atoms with E-state index in [4.69, 9.17) is 4.74 Å². The molecule has 0 bridgehead atoms. The summed E-state index contributed by atoms with van der Waals surface area (Å²) in [7, 11) is 5.73. The van der Waals surface area contributed by atoms with Gasteiger partial charge in [-0.1, -0.05) is 17.8 Å². The fraction of sp³-hybridized carbons (Fsp3) is 0.350. The second-order valence-electron chi connectivity index (χ2n) is 6.70. The number of aryl methyl sites for hydroxylation is 1. The molecule has 0 saturated carbocycles. The molecule has 0 unspecified atom stereocenters. The minimum absolute atomic E-state index is 0.0977. The van der Waals surface area contributed by atoms with Crippen LogP contribution in [0.5, 0.6) is 5.75 Å². The Kier molecular flexibility index (Phi) is 7.29. The van der Waals surface area contributed by atoms with Crippen LogP contribution < -0.4 is 10.1 Å². The third-order valence-corrected chi connectivity index (χ3v) is 6.18. The van der Waals surface area contributed by atoms with E-state index >= 15 is 0 Å². The van der Waals surface area contributed by atoms with Crippen LogP contribution in [0.25, 0.3) is 5.69 Å². The second kappa shape index (κ2) is 9.91. The van der Waals surface area contributed by atoms with E-state index in [0.717, 1.165) is 39.3 Å². The summed E-state index contributed by atoms with van der Waals surface area (Å²) in [6.45, 7) is 3.15. The maximum absolute atomic E-state index is 12.5. The lowest BCUT2D eigenvalue weighted by Crippen LogP contribution is -2.24. The van der Waals surface area contributed by atoms with Crippen molar-refractivity contribution in [1.82, 2.24) is 25.0 Å². The van der Waals surface area contributed by atoms with Crippen molar-refractivity contribution in [3.05, 3.63) is 52.0 Å². The quantitative estimate of drug-likeness (QED) is 0.525. The average molecular weight is 432 g/mol. The molecule has 0 fully saturated rings. The van der Waals surface area contributed by atoms with E-state index in [2.05, 4.69) is 20.4 Å². The van der Waals surface area contributed by atoms with Crippen LogP contribution in [0.3, 0.4) is 0 Å². The first kappa shape index (κ1) is 21.4. The van der Waals surface area contributed by atoms with Crippen molar-refractivity contribution >= 4 is 29.0 Å².